The lowest BCUT2D eigenvalue weighted by atomic mass is 10.1. The normalized spacial score (nSPS) is 20.1. The third-order valence-corrected chi connectivity index (χ3v) is 3.18. The Labute approximate surface area is 113 Å². The Morgan fingerprint density at radius 1 is 1.40 bits per heavy atom. The molecule has 0 saturated carbocycles. The highest BCUT2D eigenvalue weighted by Gasteiger charge is 2.33. The second-order valence-corrected chi connectivity index (χ2v) is 4.80. The Morgan fingerprint density at radius 2 is 2.10 bits per heavy atom. The van der Waals surface area contributed by atoms with Crippen LogP contribution in [-0.2, 0) is 6.18 Å². The Bertz CT molecular complexity index is 516. The van der Waals surface area contributed by atoms with Crippen molar-refractivity contribution in [3.8, 4) is 0 Å². The van der Waals surface area contributed by atoms with Gasteiger partial charge in [-0.15, -0.1) is 0 Å². The summed E-state index contributed by atoms with van der Waals surface area (Å²) in [5.74, 6) is -1.64. The van der Waals surface area contributed by atoms with Crippen molar-refractivity contribution in [2.75, 3.05) is 19.6 Å². The smallest absolute Gasteiger partial charge is 0.336 e. The van der Waals surface area contributed by atoms with E-state index in [9.17, 15) is 22.4 Å². The topological polar surface area (TPSA) is 32.3 Å². The van der Waals surface area contributed by atoms with Crippen molar-refractivity contribution in [3.05, 3.63) is 35.1 Å². The number of benzene rings is 1. The summed E-state index contributed by atoms with van der Waals surface area (Å²) >= 11 is 0. The number of amides is 1. The van der Waals surface area contributed by atoms with Crippen molar-refractivity contribution in [2.24, 2.45) is 0 Å². The number of nitrogens with one attached hydrogen (secondary N) is 1. The molecule has 0 aliphatic carbocycles. The zero-order chi connectivity index (χ0) is 14.9. The molecule has 1 fully saturated rings. The highest BCUT2D eigenvalue weighted by atomic mass is 19.4. The van der Waals surface area contributed by atoms with E-state index in [-0.39, 0.29) is 6.04 Å². The van der Waals surface area contributed by atoms with Gasteiger partial charge in [0.15, 0.2) is 0 Å². The predicted molar refractivity (Wildman–Crippen MR) is 64.8 cm³/mol. The molecule has 1 saturated heterocycles. The highest BCUT2D eigenvalue weighted by Crippen LogP contribution is 2.30. The summed E-state index contributed by atoms with van der Waals surface area (Å²) in [7, 11) is 0. The number of nitrogens with zero attached hydrogens (tertiary/aromatic N) is 1. The first-order chi connectivity index (χ1) is 9.29. The molecule has 2 rings (SSSR count). The lowest BCUT2D eigenvalue weighted by Crippen LogP contribution is -2.51. The fraction of sp³-hybridized carbons (Fsp3) is 0.462. The number of carbonyl (C=O) groups is 1. The number of piperazine rings is 1. The Kier molecular flexibility index (Phi) is 3.99. The number of rotatable bonds is 1. The number of halogens is 4. The van der Waals surface area contributed by atoms with Crippen LogP contribution >= 0.6 is 0 Å². The summed E-state index contributed by atoms with van der Waals surface area (Å²) in [5.41, 5.74) is -1.56. The molecule has 3 nitrogen and oxygen atoms in total. The minimum Gasteiger partial charge on any atom is -0.336 e. The molecule has 1 aromatic carbocycles. The van der Waals surface area contributed by atoms with Crippen molar-refractivity contribution in [2.45, 2.75) is 19.1 Å². The van der Waals surface area contributed by atoms with E-state index in [4.69, 9.17) is 0 Å². The van der Waals surface area contributed by atoms with Gasteiger partial charge in [0.05, 0.1) is 11.1 Å². The summed E-state index contributed by atoms with van der Waals surface area (Å²) in [5, 5.41) is 3.10. The fourth-order valence-corrected chi connectivity index (χ4v) is 2.15. The SMILES string of the molecule is C[C@@H]1CN(C(=O)c2cc(C(F)(F)F)ccc2F)CCN1. The molecule has 0 radical (unpaired) electrons. The quantitative estimate of drug-likeness (QED) is 0.805. The van der Waals surface area contributed by atoms with Gasteiger partial charge in [0.2, 0.25) is 0 Å². The monoisotopic (exact) mass is 290 g/mol. The molecule has 0 spiro atoms. The van der Waals surface area contributed by atoms with Crippen molar-refractivity contribution >= 4 is 5.91 Å². The van der Waals surface area contributed by atoms with Crippen LogP contribution in [0.2, 0.25) is 0 Å². The van der Waals surface area contributed by atoms with Crippen LogP contribution in [0.15, 0.2) is 18.2 Å². The lowest BCUT2D eigenvalue weighted by Gasteiger charge is -2.32. The first-order valence-electron chi connectivity index (χ1n) is 6.18. The van der Waals surface area contributed by atoms with E-state index in [1.807, 2.05) is 6.92 Å². The van der Waals surface area contributed by atoms with Gasteiger partial charge in [-0.1, -0.05) is 0 Å². The van der Waals surface area contributed by atoms with Crippen LogP contribution in [0.3, 0.4) is 0 Å². The molecule has 1 N–H and O–H groups in total. The number of hydrogen-bond acceptors (Lipinski definition) is 2. The van der Waals surface area contributed by atoms with E-state index >= 15 is 0 Å². The van der Waals surface area contributed by atoms with Crippen LogP contribution in [-0.4, -0.2) is 36.5 Å². The van der Waals surface area contributed by atoms with Crippen LogP contribution in [0.4, 0.5) is 17.6 Å². The molecule has 1 heterocycles. The van der Waals surface area contributed by atoms with Crippen molar-refractivity contribution < 1.29 is 22.4 Å². The summed E-state index contributed by atoms with van der Waals surface area (Å²) in [6, 6.07) is 1.92. The number of carbonyl (C=O) groups excluding carboxylic acids is 1. The van der Waals surface area contributed by atoms with Gasteiger partial charge in [-0.05, 0) is 25.1 Å². The van der Waals surface area contributed by atoms with Crippen LogP contribution in [0.25, 0.3) is 0 Å². The Morgan fingerprint density at radius 3 is 2.70 bits per heavy atom. The fourth-order valence-electron chi connectivity index (χ4n) is 2.15. The third kappa shape index (κ3) is 3.09. The Hall–Kier alpha value is -1.63. The summed E-state index contributed by atoms with van der Waals surface area (Å²) in [4.78, 5) is 13.5. The van der Waals surface area contributed by atoms with Gasteiger partial charge in [-0.25, -0.2) is 4.39 Å². The van der Waals surface area contributed by atoms with Crippen molar-refractivity contribution in [1.82, 2.24) is 10.2 Å². The van der Waals surface area contributed by atoms with E-state index in [0.29, 0.717) is 37.8 Å². The third-order valence-electron chi connectivity index (χ3n) is 3.18. The minimum atomic E-state index is -4.60. The van der Waals surface area contributed by atoms with Gasteiger partial charge in [0.25, 0.3) is 5.91 Å². The first kappa shape index (κ1) is 14.8. The van der Waals surface area contributed by atoms with Crippen LogP contribution < -0.4 is 5.32 Å². The van der Waals surface area contributed by atoms with Gasteiger partial charge in [0.1, 0.15) is 5.82 Å². The van der Waals surface area contributed by atoms with E-state index in [1.54, 1.807) is 0 Å². The maximum atomic E-state index is 13.6. The maximum absolute atomic E-state index is 13.6. The van der Waals surface area contributed by atoms with E-state index in [2.05, 4.69) is 5.32 Å². The molecule has 1 amide bonds. The van der Waals surface area contributed by atoms with Gasteiger partial charge in [-0.3, -0.25) is 4.79 Å². The second kappa shape index (κ2) is 5.40. The number of alkyl halides is 3. The molecule has 1 aliphatic rings. The standard InChI is InChI=1S/C13H14F4N2O/c1-8-7-19(5-4-18-8)12(20)10-6-9(13(15,16)17)2-3-11(10)14/h2-3,6,8,18H,4-5,7H2,1H3/t8-/m1/s1. The summed E-state index contributed by atoms with van der Waals surface area (Å²) in [6.07, 6.45) is -4.60. The molecule has 0 unspecified atom stereocenters. The van der Waals surface area contributed by atoms with E-state index in [0.717, 1.165) is 0 Å². The van der Waals surface area contributed by atoms with Crippen molar-refractivity contribution in [3.63, 3.8) is 0 Å². The summed E-state index contributed by atoms with van der Waals surface area (Å²) in [6.45, 7) is 3.07. The molecule has 1 atom stereocenters. The van der Waals surface area contributed by atoms with Crippen molar-refractivity contribution in [1.29, 1.82) is 0 Å². The van der Waals surface area contributed by atoms with Gasteiger partial charge in [-0.2, -0.15) is 13.2 Å². The van der Waals surface area contributed by atoms with Crippen LogP contribution in [0, 0.1) is 5.82 Å². The molecular formula is C13H14F4N2O. The second-order valence-electron chi connectivity index (χ2n) is 4.80. The number of hydrogen-bond donors (Lipinski definition) is 1. The maximum Gasteiger partial charge on any atom is 0.416 e. The van der Waals surface area contributed by atoms with E-state index in [1.165, 1.54) is 4.90 Å². The largest absolute Gasteiger partial charge is 0.416 e. The Balaban J connectivity index is 2.29. The van der Waals surface area contributed by atoms with Crippen LogP contribution in [0.5, 0.6) is 0 Å². The zero-order valence-corrected chi connectivity index (χ0v) is 10.8. The highest BCUT2D eigenvalue weighted by molar-refractivity contribution is 5.94. The van der Waals surface area contributed by atoms with Gasteiger partial charge in [0, 0.05) is 25.7 Å². The molecule has 20 heavy (non-hydrogen) atoms. The molecule has 1 aliphatic heterocycles. The molecule has 0 bridgehead atoms. The lowest BCUT2D eigenvalue weighted by molar-refractivity contribution is -0.137. The minimum absolute atomic E-state index is 0.0292. The average Bonchev–Trinajstić information content (AvgIpc) is 2.37. The summed E-state index contributed by atoms with van der Waals surface area (Å²) < 4.78 is 51.5. The first-order valence-corrected chi connectivity index (χ1v) is 6.18. The van der Waals surface area contributed by atoms with Gasteiger partial charge < -0.3 is 10.2 Å². The average molecular weight is 290 g/mol. The van der Waals surface area contributed by atoms with E-state index < -0.39 is 29.0 Å². The molecule has 7 heteroatoms. The molecular weight excluding hydrogens is 276 g/mol. The molecule has 0 aromatic heterocycles. The molecule has 110 valence electrons. The van der Waals surface area contributed by atoms with Crippen LogP contribution in [0.1, 0.15) is 22.8 Å². The van der Waals surface area contributed by atoms with Gasteiger partial charge >= 0.3 is 6.18 Å². The molecule has 1 aromatic rings. The zero-order valence-electron chi connectivity index (χ0n) is 10.8. The predicted octanol–water partition coefficient (Wildman–Crippen LogP) is 2.28.